The van der Waals surface area contributed by atoms with Gasteiger partial charge in [-0.25, -0.2) is 8.42 Å². The smallest absolute Gasteiger partial charge is 0.247 e. The van der Waals surface area contributed by atoms with Gasteiger partial charge in [0, 0.05) is 32.5 Å². The number of carbonyl (C=O) groups excluding carboxylic acids is 1. The third-order valence-corrected chi connectivity index (χ3v) is 6.77. The third kappa shape index (κ3) is 2.42. The van der Waals surface area contributed by atoms with E-state index < -0.39 is 10.0 Å². The highest BCUT2D eigenvalue weighted by molar-refractivity contribution is 7.89. The fourth-order valence-electron chi connectivity index (χ4n) is 3.26. The van der Waals surface area contributed by atoms with E-state index >= 15 is 0 Å². The lowest BCUT2D eigenvalue weighted by Gasteiger charge is -2.34. The highest BCUT2D eigenvalue weighted by Gasteiger charge is 2.45. The second-order valence-electron chi connectivity index (χ2n) is 6.14. The molecule has 0 spiro atoms. The molecule has 1 atom stereocenters. The molecule has 116 valence electrons. The molecule has 1 unspecified atom stereocenters. The molecule has 1 saturated heterocycles. The fourth-order valence-corrected chi connectivity index (χ4v) is 5.35. The summed E-state index contributed by atoms with van der Waals surface area (Å²) in [6.07, 6.45) is 2.73. The van der Waals surface area contributed by atoms with Crippen LogP contribution in [0.25, 0.3) is 0 Å². The van der Waals surface area contributed by atoms with Gasteiger partial charge in [-0.3, -0.25) is 9.48 Å². The Labute approximate surface area is 125 Å². The second-order valence-corrected chi connectivity index (χ2v) is 7.96. The quantitative estimate of drug-likeness (QED) is 0.840. The molecule has 0 amide bonds. The molecule has 0 N–H and O–H groups in total. The van der Waals surface area contributed by atoms with Gasteiger partial charge >= 0.3 is 0 Å². The maximum Gasteiger partial charge on any atom is 0.247 e. The van der Waals surface area contributed by atoms with Crippen molar-refractivity contribution in [2.24, 2.45) is 13.0 Å². The first-order valence-corrected chi connectivity index (χ1v) is 8.80. The van der Waals surface area contributed by atoms with Crippen LogP contribution in [0, 0.1) is 19.8 Å². The van der Waals surface area contributed by atoms with Crippen molar-refractivity contribution in [3.8, 4) is 0 Å². The molecule has 2 aliphatic rings. The molecule has 1 aromatic rings. The van der Waals surface area contributed by atoms with Gasteiger partial charge in [0.05, 0.1) is 11.4 Å². The maximum absolute atomic E-state index is 13.1. The number of hydrogen-bond acceptors (Lipinski definition) is 4. The number of sulfonamides is 1. The maximum atomic E-state index is 13.1. The van der Waals surface area contributed by atoms with Crippen molar-refractivity contribution in [1.82, 2.24) is 14.1 Å². The Morgan fingerprint density at radius 1 is 1.24 bits per heavy atom. The lowest BCUT2D eigenvalue weighted by Crippen LogP contribution is -2.47. The van der Waals surface area contributed by atoms with E-state index in [1.165, 1.54) is 0 Å². The summed E-state index contributed by atoms with van der Waals surface area (Å²) >= 11 is 0. The van der Waals surface area contributed by atoms with Crippen LogP contribution in [0.1, 0.15) is 37.1 Å². The summed E-state index contributed by atoms with van der Waals surface area (Å²) in [6.45, 7) is 3.80. The Morgan fingerprint density at radius 2 is 1.90 bits per heavy atom. The molecule has 6 nitrogen and oxygen atoms in total. The molecule has 3 rings (SSSR count). The average Bonchev–Trinajstić information content (AvgIpc) is 3.18. The van der Waals surface area contributed by atoms with Gasteiger partial charge in [0.2, 0.25) is 10.0 Å². The SMILES string of the molecule is Cc1nn(C)c(C)c1S(=O)(=O)N1CCC(=O)CC1C1CC1. The Bertz CT molecular complexity index is 689. The van der Waals surface area contributed by atoms with Crippen molar-refractivity contribution < 1.29 is 13.2 Å². The van der Waals surface area contributed by atoms with Crippen molar-refractivity contribution in [3.63, 3.8) is 0 Å². The van der Waals surface area contributed by atoms with Gasteiger partial charge in [0.1, 0.15) is 10.7 Å². The summed E-state index contributed by atoms with van der Waals surface area (Å²) < 4.78 is 29.3. The molecular formula is C14H21N3O3S. The van der Waals surface area contributed by atoms with Crippen LogP contribution in [0.2, 0.25) is 0 Å². The highest BCUT2D eigenvalue weighted by Crippen LogP contribution is 2.41. The predicted molar refractivity (Wildman–Crippen MR) is 77.3 cm³/mol. The molecule has 2 heterocycles. The van der Waals surface area contributed by atoms with Crippen LogP contribution in [0.4, 0.5) is 0 Å². The molecular weight excluding hydrogens is 290 g/mol. The number of nitrogens with zero attached hydrogens (tertiary/aromatic N) is 3. The summed E-state index contributed by atoms with van der Waals surface area (Å²) in [5, 5.41) is 4.22. The second kappa shape index (κ2) is 4.91. The van der Waals surface area contributed by atoms with E-state index in [1.807, 2.05) is 0 Å². The third-order valence-electron chi connectivity index (χ3n) is 4.59. The van der Waals surface area contributed by atoms with E-state index in [0.717, 1.165) is 12.8 Å². The van der Waals surface area contributed by atoms with Gasteiger partial charge in [0.15, 0.2) is 0 Å². The fraction of sp³-hybridized carbons (Fsp3) is 0.714. The van der Waals surface area contributed by atoms with Crippen molar-refractivity contribution in [2.45, 2.75) is 50.5 Å². The Kier molecular flexibility index (Phi) is 3.44. The number of carbonyl (C=O) groups is 1. The number of aryl methyl sites for hydroxylation is 2. The van der Waals surface area contributed by atoms with Crippen LogP contribution in [0.3, 0.4) is 0 Å². The zero-order valence-electron chi connectivity index (χ0n) is 12.7. The number of ketones is 1. The highest BCUT2D eigenvalue weighted by atomic mass is 32.2. The number of aromatic nitrogens is 2. The van der Waals surface area contributed by atoms with Crippen LogP contribution in [0.15, 0.2) is 4.90 Å². The zero-order valence-corrected chi connectivity index (χ0v) is 13.5. The first-order valence-electron chi connectivity index (χ1n) is 7.36. The normalized spacial score (nSPS) is 24.5. The molecule has 1 aliphatic heterocycles. The Balaban J connectivity index is 2.02. The molecule has 1 aliphatic carbocycles. The van der Waals surface area contributed by atoms with Gasteiger partial charge in [-0.15, -0.1) is 0 Å². The summed E-state index contributed by atoms with van der Waals surface area (Å²) in [5.74, 6) is 0.527. The minimum Gasteiger partial charge on any atom is -0.300 e. The first kappa shape index (κ1) is 14.7. The van der Waals surface area contributed by atoms with Crippen LogP contribution in [-0.2, 0) is 21.9 Å². The first-order chi connectivity index (χ1) is 9.82. The number of rotatable bonds is 3. The van der Waals surface area contributed by atoms with Crippen molar-refractivity contribution in [2.75, 3.05) is 6.54 Å². The van der Waals surface area contributed by atoms with Gasteiger partial charge in [-0.1, -0.05) is 0 Å². The lowest BCUT2D eigenvalue weighted by molar-refractivity contribution is -0.122. The summed E-state index contributed by atoms with van der Waals surface area (Å²) in [4.78, 5) is 12.0. The summed E-state index contributed by atoms with van der Waals surface area (Å²) in [7, 11) is -1.83. The van der Waals surface area contributed by atoms with Crippen molar-refractivity contribution >= 4 is 15.8 Å². The molecule has 0 bridgehead atoms. The van der Waals surface area contributed by atoms with Crippen molar-refractivity contribution in [3.05, 3.63) is 11.4 Å². The van der Waals surface area contributed by atoms with Crippen LogP contribution in [0.5, 0.6) is 0 Å². The minimum atomic E-state index is -3.58. The van der Waals surface area contributed by atoms with E-state index in [2.05, 4.69) is 5.10 Å². The standard InChI is InChI=1S/C14H21N3O3S/c1-9-14(10(2)16(3)15-9)21(19,20)17-7-6-12(18)8-13(17)11-4-5-11/h11,13H,4-8H2,1-3H3. The lowest BCUT2D eigenvalue weighted by atomic mass is 10.00. The van der Waals surface area contributed by atoms with E-state index in [1.54, 1.807) is 29.9 Å². The molecule has 21 heavy (non-hydrogen) atoms. The largest absolute Gasteiger partial charge is 0.300 e. The molecule has 1 saturated carbocycles. The molecule has 0 radical (unpaired) electrons. The predicted octanol–water partition coefficient (Wildman–Crippen LogP) is 1.17. The van der Waals surface area contributed by atoms with E-state index in [9.17, 15) is 13.2 Å². The number of hydrogen-bond donors (Lipinski definition) is 0. The monoisotopic (exact) mass is 311 g/mol. The summed E-state index contributed by atoms with van der Waals surface area (Å²) in [5.41, 5.74) is 1.18. The molecule has 0 aromatic carbocycles. The topological polar surface area (TPSA) is 72.3 Å². The summed E-state index contributed by atoms with van der Waals surface area (Å²) in [6, 6.07) is -0.157. The van der Waals surface area contributed by atoms with Gasteiger partial charge in [-0.05, 0) is 32.6 Å². The van der Waals surface area contributed by atoms with Crippen LogP contribution in [-0.4, -0.2) is 40.9 Å². The number of piperidine rings is 1. The van der Waals surface area contributed by atoms with Crippen molar-refractivity contribution in [1.29, 1.82) is 0 Å². The van der Waals surface area contributed by atoms with Gasteiger partial charge in [0.25, 0.3) is 0 Å². The Morgan fingerprint density at radius 3 is 2.43 bits per heavy atom. The van der Waals surface area contributed by atoms with Crippen LogP contribution < -0.4 is 0 Å². The minimum absolute atomic E-state index is 0.157. The molecule has 1 aromatic heterocycles. The zero-order chi connectivity index (χ0) is 15.4. The van der Waals surface area contributed by atoms with E-state index in [0.29, 0.717) is 41.6 Å². The Hall–Kier alpha value is -1.21. The van der Waals surface area contributed by atoms with Gasteiger partial charge < -0.3 is 0 Å². The molecule has 7 heteroatoms. The molecule has 2 fully saturated rings. The number of Topliss-reactive ketones (excluding diaryl/α,β-unsaturated/α-hetero) is 1. The van der Waals surface area contributed by atoms with Gasteiger partial charge in [-0.2, -0.15) is 9.40 Å². The van der Waals surface area contributed by atoms with E-state index in [-0.39, 0.29) is 11.8 Å². The van der Waals surface area contributed by atoms with Crippen LogP contribution >= 0.6 is 0 Å². The van der Waals surface area contributed by atoms with E-state index in [4.69, 9.17) is 0 Å². The average molecular weight is 311 g/mol.